The number of rotatable bonds is 1. The number of ether oxygens (including phenoxy) is 1. The molecule has 0 atom stereocenters. The predicted molar refractivity (Wildman–Crippen MR) is 117 cm³/mol. The molecular weight excluding hydrogens is 425 g/mol. The molecule has 0 saturated heterocycles. The Labute approximate surface area is 183 Å². The maximum atomic E-state index is 14.3. The average Bonchev–Trinajstić information content (AvgIpc) is 2.65. The minimum atomic E-state index is -0.672. The minimum Gasteiger partial charge on any atom is -0.456 e. The van der Waals surface area contributed by atoms with E-state index >= 15 is 0 Å². The first-order valence-corrected chi connectivity index (χ1v) is 9.96. The third kappa shape index (κ3) is 4.07. The quantitative estimate of drug-likeness (QED) is 0.358. The molecule has 3 aromatic carbocycles. The summed E-state index contributed by atoms with van der Waals surface area (Å²) < 4.78 is 34.5. The van der Waals surface area contributed by atoms with E-state index in [2.05, 4.69) is 11.8 Å². The number of fused-ring (bicyclic) bond motifs is 1. The molecule has 0 fully saturated rings. The first kappa shape index (κ1) is 20.5. The molecule has 1 nitrogen and oxygen atoms in total. The summed E-state index contributed by atoms with van der Waals surface area (Å²) in [5.74, 6) is 5.39. The number of hydrogen-bond acceptors (Lipinski definition) is 1. The van der Waals surface area contributed by atoms with Gasteiger partial charge in [-0.25, -0.2) is 8.78 Å². The SMILES string of the molecule is CC1(C)C=C(c2c(F)cccc2F)Oc2cc(C#Cc3cc(Cl)cc(Cl)c3)ccc21. The van der Waals surface area contributed by atoms with Crippen LogP contribution in [0.3, 0.4) is 0 Å². The lowest BCUT2D eigenvalue weighted by molar-refractivity contribution is 0.449. The largest absolute Gasteiger partial charge is 0.456 e. The molecular formula is C25H16Cl2F2O. The Hall–Kier alpha value is -2.80. The fourth-order valence-corrected chi connectivity index (χ4v) is 3.92. The van der Waals surface area contributed by atoms with Crippen LogP contribution in [0.15, 0.2) is 60.7 Å². The zero-order chi connectivity index (χ0) is 21.5. The molecule has 0 radical (unpaired) electrons. The first-order valence-electron chi connectivity index (χ1n) is 9.21. The fraction of sp³-hybridized carbons (Fsp3) is 0.120. The second kappa shape index (κ2) is 7.80. The molecule has 0 bridgehead atoms. The molecule has 0 aromatic heterocycles. The molecule has 1 aliphatic rings. The van der Waals surface area contributed by atoms with E-state index < -0.39 is 17.0 Å². The Bertz CT molecular complexity index is 1210. The molecule has 0 amide bonds. The van der Waals surface area contributed by atoms with Crippen molar-refractivity contribution in [3.8, 4) is 17.6 Å². The van der Waals surface area contributed by atoms with Gasteiger partial charge in [-0.2, -0.15) is 0 Å². The lowest BCUT2D eigenvalue weighted by Gasteiger charge is -2.31. The van der Waals surface area contributed by atoms with Gasteiger partial charge in [-0.15, -0.1) is 0 Å². The Morgan fingerprint density at radius 3 is 2.13 bits per heavy atom. The molecule has 1 heterocycles. The summed E-state index contributed by atoms with van der Waals surface area (Å²) in [6, 6.07) is 14.4. The lowest BCUT2D eigenvalue weighted by Crippen LogP contribution is -2.22. The maximum absolute atomic E-state index is 14.3. The topological polar surface area (TPSA) is 9.23 Å². The zero-order valence-corrected chi connectivity index (χ0v) is 17.7. The van der Waals surface area contributed by atoms with Gasteiger partial charge in [0.1, 0.15) is 23.1 Å². The van der Waals surface area contributed by atoms with Crippen molar-refractivity contribution in [1.29, 1.82) is 0 Å². The van der Waals surface area contributed by atoms with Gasteiger partial charge in [0.05, 0.1) is 5.56 Å². The van der Waals surface area contributed by atoms with Crippen molar-refractivity contribution in [3.05, 3.63) is 105 Å². The van der Waals surface area contributed by atoms with Gasteiger partial charge in [-0.05, 0) is 48.5 Å². The summed E-state index contributed by atoms with van der Waals surface area (Å²) in [6.07, 6.45) is 1.73. The molecule has 0 unspecified atom stereocenters. The predicted octanol–water partition coefficient (Wildman–Crippen LogP) is 7.38. The normalized spacial score (nSPS) is 14.1. The van der Waals surface area contributed by atoms with Gasteiger partial charge in [0.25, 0.3) is 0 Å². The molecule has 0 spiro atoms. The zero-order valence-electron chi connectivity index (χ0n) is 16.2. The molecule has 0 aliphatic carbocycles. The van der Waals surface area contributed by atoms with Crippen molar-refractivity contribution in [3.63, 3.8) is 0 Å². The number of allylic oxidation sites excluding steroid dienone is 1. The average molecular weight is 441 g/mol. The van der Waals surface area contributed by atoms with Crippen molar-refractivity contribution in [1.82, 2.24) is 0 Å². The van der Waals surface area contributed by atoms with E-state index in [1.54, 1.807) is 30.3 Å². The van der Waals surface area contributed by atoms with E-state index in [-0.39, 0.29) is 11.3 Å². The van der Waals surface area contributed by atoms with Gasteiger partial charge in [0.15, 0.2) is 0 Å². The third-order valence-electron chi connectivity index (χ3n) is 4.81. The Kier molecular flexibility index (Phi) is 5.32. The van der Waals surface area contributed by atoms with Crippen molar-refractivity contribution in [2.45, 2.75) is 19.3 Å². The summed E-state index contributed by atoms with van der Waals surface area (Å²) in [6.45, 7) is 3.93. The standard InChI is InChI=1S/C25H16Cl2F2O/c1-25(2)14-23(24-20(28)4-3-5-21(24)29)30-22-12-15(8-9-19(22)25)6-7-16-10-17(26)13-18(27)11-16/h3-5,8-14H,1-2H3. The highest BCUT2D eigenvalue weighted by Crippen LogP contribution is 2.42. The van der Waals surface area contributed by atoms with Crippen LogP contribution in [-0.4, -0.2) is 0 Å². The van der Waals surface area contributed by atoms with Crippen LogP contribution in [0, 0.1) is 23.5 Å². The fourth-order valence-electron chi connectivity index (χ4n) is 3.40. The van der Waals surface area contributed by atoms with Crippen molar-refractivity contribution in [2.75, 3.05) is 0 Å². The van der Waals surface area contributed by atoms with Crippen LogP contribution in [0.5, 0.6) is 5.75 Å². The highest BCUT2D eigenvalue weighted by atomic mass is 35.5. The van der Waals surface area contributed by atoms with E-state index in [0.29, 0.717) is 26.9 Å². The Balaban J connectivity index is 1.73. The summed E-state index contributed by atoms with van der Waals surface area (Å²) in [5, 5.41) is 1.01. The Morgan fingerprint density at radius 2 is 1.47 bits per heavy atom. The molecule has 3 aromatic rings. The van der Waals surface area contributed by atoms with Crippen LogP contribution < -0.4 is 4.74 Å². The van der Waals surface area contributed by atoms with Crippen LogP contribution in [0.4, 0.5) is 8.78 Å². The maximum Gasteiger partial charge on any atom is 0.137 e. The molecule has 0 saturated carbocycles. The summed E-state index contributed by atoms with van der Waals surface area (Å²) in [5.41, 5.74) is 1.61. The minimum absolute atomic E-state index is 0.148. The highest BCUT2D eigenvalue weighted by Gasteiger charge is 2.31. The summed E-state index contributed by atoms with van der Waals surface area (Å²) >= 11 is 12.0. The summed E-state index contributed by atoms with van der Waals surface area (Å²) in [4.78, 5) is 0. The second-order valence-corrected chi connectivity index (χ2v) is 8.42. The third-order valence-corrected chi connectivity index (χ3v) is 5.25. The van der Waals surface area contributed by atoms with E-state index in [1.807, 2.05) is 26.0 Å². The monoisotopic (exact) mass is 440 g/mol. The van der Waals surface area contributed by atoms with E-state index in [4.69, 9.17) is 27.9 Å². The Morgan fingerprint density at radius 1 is 0.833 bits per heavy atom. The number of halogens is 4. The van der Waals surface area contributed by atoms with Crippen LogP contribution in [0.25, 0.3) is 5.76 Å². The van der Waals surface area contributed by atoms with Crippen LogP contribution in [0.1, 0.15) is 36.1 Å². The van der Waals surface area contributed by atoms with Gasteiger partial charge in [0.2, 0.25) is 0 Å². The molecule has 0 N–H and O–H groups in total. The van der Waals surface area contributed by atoms with E-state index in [1.165, 1.54) is 18.2 Å². The summed E-state index contributed by atoms with van der Waals surface area (Å²) in [7, 11) is 0. The van der Waals surface area contributed by atoms with Crippen molar-refractivity contribution < 1.29 is 13.5 Å². The van der Waals surface area contributed by atoms with Crippen LogP contribution in [-0.2, 0) is 5.41 Å². The van der Waals surface area contributed by atoms with Gasteiger partial charge in [-0.1, -0.05) is 61.0 Å². The smallest absolute Gasteiger partial charge is 0.137 e. The van der Waals surface area contributed by atoms with Crippen molar-refractivity contribution in [2.24, 2.45) is 0 Å². The molecule has 5 heteroatoms. The van der Waals surface area contributed by atoms with Gasteiger partial charge in [-0.3, -0.25) is 0 Å². The molecule has 150 valence electrons. The van der Waals surface area contributed by atoms with E-state index in [9.17, 15) is 8.78 Å². The lowest BCUT2D eigenvalue weighted by atomic mass is 9.81. The van der Waals surface area contributed by atoms with E-state index in [0.717, 1.165) is 5.56 Å². The van der Waals surface area contributed by atoms with Crippen LogP contribution in [0.2, 0.25) is 10.0 Å². The van der Waals surface area contributed by atoms with Crippen LogP contribution >= 0.6 is 23.2 Å². The number of benzene rings is 3. The van der Waals surface area contributed by atoms with Gasteiger partial charge < -0.3 is 4.74 Å². The molecule has 1 aliphatic heterocycles. The molecule has 30 heavy (non-hydrogen) atoms. The first-order chi connectivity index (χ1) is 14.2. The van der Waals surface area contributed by atoms with Crippen molar-refractivity contribution >= 4 is 29.0 Å². The molecule has 4 rings (SSSR count). The highest BCUT2D eigenvalue weighted by molar-refractivity contribution is 6.34. The second-order valence-electron chi connectivity index (χ2n) is 7.55. The van der Waals surface area contributed by atoms with Gasteiger partial charge in [0, 0.05) is 32.2 Å². The van der Waals surface area contributed by atoms with Gasteiger partial charge >= 0.3 is 0 Å². The number of hydrogen-bond donors (Lipinski definition) is 0.